The Labute approximate surface area is 221 Å². The van der Waals surface area contributed by atoms with Crippen molar-refractivity contribution in [2.45, 2.75) is 95.9 Å². The number of fused-ring (bicyclic) bond motifs is 1. The molecular formula is C31H44O6. The number of epoxide rings is 3. The van der Waals surface area contributed by atoms with Crippen LogP contribution in [0.4, 0.5) is 0 Å². The van der Waals surface area contributed by atoms with Gasteiger partial charge in [-0.3, -0.25) is 0 Å². The second-order valence-electron chi connectivity index (χ2n) is 10.7. The fourth-order valence-corrected chi connectivity index (χ4v) is 4.90. The van der Waals surface area contributed by atoms with Gasteiger partial charge in [-0.1, -0.05) is 89.0 Å². The van der Waals surface area contributed by atoms with Crippen LogP contribution in [0.15, 0.2) is 24.3 Å². The lowest BCUT2D eigenvalue weighted by atomic mass is 9.97. The average molecular weight is 513 g/mol. The van der Waals surface area contributed by atoms with E-state index >= 15 is 0 Å². The second-order valence-corrected chi connectivity index (χ2v) is 10.7. The van der Waals surface area contributed by atoms with Crippen LogP contribution in [0.1, 0.15) is 76.7 Å². The first kappa shape index (κ1) is 26.6. The molecule has 37 heavy (non-hydrogen) atoms. The first-order valence-electron chi connectivity index (χ1n) is 14.6. The number of hydrogen-bond donors (Lipinski definition) is 0. The molecule has 6 heteroatoms. The summed E-state index contributed by atoms with van der Waals surface area (Å²) in [6, 6.07) is 8.35. The lowest BCUT2D eigenvalue weighted by Crippen LogP contribution is -2.13. The van der Waals surface area contributed by atoms with Crippen molar-refractivity contribution in [1.82, 2.24) is 0 Å². The zero-order valence-electron chi connectivity index (χ0n) is 22.5. The molecule has 3 heterocycles. The topological polar surface area (TPSA) is 65.3 Å². The van der Waals surface area contributed by atoms with Gasteiger partial charge >= 0.3 is 0 Å². The van der Waals surface area contributed by atoms with Gasteiger partial charge in [0.05, 0.1) is 19.8 Å². The Morgan fingerprint density at radius 1 is 0.595 bits per heavy atom. The highest BCUT2D eigenvalue weighted by Crippen LogP contribution is 2.47. The SMILES string of the molecule is CCCCCCCCCCCCc1c(OCC2CO2)c(OCC2CO2)c2ccccc2c1OCC1CO1. The Morgan fingerprint density at radius 2 is 1.03 bits per heavy atom. The first-order valence-corrected chi connectivity index (χ1v) is 14.6. The average Bonchev–Trinajstić information content (AvgIpc) is 3.75. The molecule has 3 unspecified atom stereocenters. The van der Waals surface area contributed by atoms with E-state index in [1.807, 2.05) is 6.07 Å². The van der Waals surface area contributed by atoms with Gasteiger partial charge in [0.2, 0.25) is 0 Å². The largest absolute Gasteiger partial charge is 0.490 e. The molecule has 204 valence electrons. The summed E-state index contributed by atoms with van der Waals surface area (Å²) >= 11 is 0. The number of rotatable bonds is 20. The highest BCUT2D eigenvalue weighted by molar-refractivity contribution is 5.97. The summed E-state index contributed by atoms with van der Waals surface area (Å²) in [6.07, 6.45) is 14.5. The molecule has 0 radical (unpaired) electrons. The zero-order valence-corrected chi connectivity index (χ0v) is 22.5. The highest BCUT2D eigenvalue weighted by Gasteiger charge is 2.31. The number of ether oxygens (including phenoxy) is 6. The van der Waals surface area contributed by atoms with E-state index in [2.05, 4.69) is 25.1 Å². The van der Waals surface area contributed by atoms with Crippen molar-refractivity contribution in [1.29, 1.82) is 0 Å². The molecule has 3 fully saturated rings. The molecule has 3 aliphatic heterocycles. The number of unbranched alkanes of at least 4 members (excludes halogenated alkanes) is 9. The fraction of sp³-hybridized carbons (Fsp3) is 0.677. The van der Waals surface area contributed by atoms with Crippen LogP contribution in [-0.4, -0.2) is 58.0 Å². The van der Waals surface area contributed by atoms with E-state index in [4.69, 9.17) is 28.4 Å². The van der Waals surface area contributed by atoms with Crippen molar-refractivity contribution in [2.24, 2.45) is 0 Å². The van der Waals surface area contributed by atoms with E-state index in [1.165, 1.54) is 57.8 Å². The maximum atomic E-state index is 6.46. The second kappa shape index (κ2) is 13.7. The van der Waals surface area contributed by atoms with Crippen molar-refractivity contribution >= 4 is 10.8 Å². The van der Waals surface area contributed by atoms with Crippen LogP contribution in [0.2, 0.25) is 0 Å². The monoisotopic (exact) mass is 512 g/mol. The summed E-state index contributed by atoms with van der Waals surface area (Å²) in [6.45, 7) is 6.21. The van der Waals surface area contributed by atoms with Crippen molar-refractivity contribution in [3.05, 3.63) is 29.8 Å². The molecule has 0 saturated carbocycles. The molecule has 0 N–H and O–H groups in total. The third-order valence-corrected chi connectivity index (χ3v) is 7.40. The van der Waals surface area contributed by atoms with Crippen molar-refractivity contribution in [3.63, 3.8) is 0 Å². The minimum Gasteiger partial charge on any atom is -0.490 e. The van der Waals surface area contributed by atoms with Crippen molar-refractivity contribution in [3.8, 4) is 17.2 Å². The van der Waals surface area contributed by atoms with E-state index in [0.29, 0.717) is 19.8 Å². The molecule has 0 bridgehead atoms. The molecular weight excluding hydrogens is 468 g/mol. The molecule has 6 nitrogen and oxygen atoms in total. The Kier molecular flexibility index (Phi) is 9.83. The summed E-state index contributed by atoms with van der Waals surface area (Å²) in [5.74, 6) is 2.55. The molecule has 2 aromatic carbocycles. The van der Waals surface area contributed by atoms with Crippen LogP contribution >= 0.6 is 0 Å². The van der Waals surface area contributed by atoms with Crippen LogP contribution in [0.3, 0.4) is 0 Å². The van der Waals surface area contributed by atoms with Gasteiger partial charge in [-0.25, -0.2) is 0 Å². The predicted octanol–water partition coefficient (Wildman–Crippen LogP) is 6.64. The van der Waals surface area contributed by atoms with Gasteiger partial charge in [-0.2, -0.15) is 0 Å². The first-order chi connectivity index (χ1) is 18.3. The van der Waals surface area contributed by atoms with Crippen LogP contribution < -0.4 is 14.2 Å². The lowest BCUT2D eigenvalue weighted by molar-refractivity contribution is 0.225. The van der Waals surface area contributed by atoms with Crippen molar-refractivity contribution < 1.29 is 28.4 Å². The summed E-state index contributed by atoms with van der Waals surface area (Å²) < 4.78 is 35.6. The quantitative estimate of drug-likeness (QED) is 0.146. The molecule has 5 rings (SSSR count). The smallest absolute Gasteiger partial charge is 0.169 e. The minimum atomic E-state index is 0.167. The van der Waals surface area contributed by atoms with Crippen molar-refractivity contribution in [2.75, 3.05) is 39.6 Å². The van der Waals surface area contributed by atoms with E-state index in [-0.39, 0.29) is 18.3 Å². The van der Waals surface area contributed by atoms with Gasteiger partial charge in [-0.05, 0) is 12.8 Å². The minimum absolute atomic E-state index is 0.167. The predicted molar refractivity (Wildman–Crippen MR) is 145 cm³/mol. The third kappa shape index (κ3) is 8.23. The van der Waals surface area contributed by atoms with Gasteiger partial charge in [0, 0.05) is 16.3 Å². The Hall–Kier alpha value is -2.02. The molecule has 3 saturated heterocycles. The Morgan fingerprint density at radius 3 is 1.54 bits per heavy atom. The Bertz CT molecular complexity index is 979. The fourth-order valence-electron chi connectivity index (χ4n) is 4.90. The molecule has 0 spiro atoms. The summed E-state index contributed by atoms with van der Waals surface area (Å²) in [7, 11) is 0. The van der Waals surface area contributed by atoms with E-state index in [0.717, 1.165) is 66.2 Å². The van der Waals surface area contributed by atoms with Crippen LogP contribution in [0, 0.1) is 0 Å². The molecule has 3 aliphatic rings. The normalized spacial score (nSPS) is 21.7. The zero-order chi connectivity index (χ0) is 25.3. The summed E-state index contributed by atoms with van der Waals surface area (Å²) in [4.78, 5) is 0. The van der Waals surface area contributed by atoms with Gasteiger partial charge in [0.25, 0.3) is 0 Å². The van der Waals surface area contributed by atoms with Gasteiger partial charge < -0.3 is 28.4 Å². The maximum Gasteiger partial charge on any atom is 0.169 e. The van der Waals surface area contributed by atoms with Gasteiger partial charge in [-0.15, -0.1) is 0 Å². The maximum absolute atomic E-state index is 6.46. The Balaban J connectivity index is 1.31. The van der Waals surface area contributed by atoms with E-state index in [9.17, 15) is 0 Å². The molecule has 0 aromatic heterocycles. The molecule has 3 atom stereocenters. The van der Waals surface area contributed by atoms with E-state index in [1.54, 1.807) is 0 Å². The highest BCUT2D eigenvalue weighted by atomic mass is 16.6. The van der Waals surface area contributed by atoms with Crippen LogP contribution in [0.25, 0.3) is 10.8 Å². The van der Waals surface area contributed by atoms with Crippen LogP contribution in [-0.2, 0) is 20.6 Å². The third-order valence-electron chi connectivity index (χ3n) is 7.40. The van der Waals surface area contributed by atoms with Gasteiger partial charge in [0.1, 0.15) is 43.9 Å². The van der Waals surface area contributed by atoms with Gasteiger partial charge in [0.15, 0.2) is 11.5 Å². The van der Waals surface area contributed by atoms with Crippen LogP contribution in [0.5, 0.6) is 17.2 Å². The lowest BCUT2D eigenvalue weighted by Gasteiger charge is -2.22. The number of benzene rings is 2. The number of hydrogen-bond acceptors (Lipinski definition) is 6. The molecule has 2 aromatic rings. The summed E-state index contributed by atoms with van der Waals surface area (Å²) in [5.41, 5.74) is 1.12. The standard InChI is InChI=1S/C31H44O6/c1-2-3-4-5-6-7-8-9-10-11-16-28-29(35-20-23-17-32-23)26-14-12-13-15-27(26)30(36-21-24-18-33-24)31(28)37-22-25-19-34-25/h12-15,23-25H,2-11,16-22H2,1H3. The summed E-state index contributed by atoms with van der Waals surface area (Å²) in [5, 5.41) is 2.10. The molecule has 0 aliphatic carbocycles. The molecule has 0 amide bonds. The van der Waals surface area contributed by atoms with E-state index < -0.39 is 0 Å².